The SMILES string of the molecule is O=C(O)COc1cc2sc(Br)nc2c(Cl)c1F. The maximum absolute atomic E-state index is 13.7. The average Bonchev–Trinajstić information content (AvgIpc) is 2.62. The van der Waals surface area contributed by atoms with Crippen molar-refractivity contribution in [1.29, 1.82) is 0 Å². The van der Waals surface area contributed by atoms with E-state index in [-0.39, 0.29) is 10.8 Å². The molecular formula is C9H4BrClFNO3S. The second-order valence-corrected chi connectivity index (χ2v) is 5.68. The number of fused-ring (bicyclic) bond motifs is 1. The van der Waals surface area contributed by atoms with Crippen LogP contribution in [0, 0.1) is 5.82 Å². The number of halogens is 3. The molecule has 1 heterocycles. The van der Waals surface area contributed by atoms with Crippen molar-refractivity contribution in [3.63, 3.8) is 0 Å². The lowest BCUT2D eigenvalue weighted by atomic mass is 10.3. The van der Waals surface area contributed by atoms with Crippen LogP contribution in [0.25, 0.3) is 10.2 Å². The molecule has 2 rings (SSSR count). The Balaban J connectivity index is 2.49. The molecule has 90 valence electrons. The Morgan fingerprint density at radius 3 is 3.06 bits per heavy atom. The van der Waals surface area contributed by atoms with Gasteiger partial charge in [-0.15, -0.1) is 11.3 Å². The fraction of sp³-hybridized carbons (Fsp3) is 0.111. The summed E-state index contributed by atoms with van der Waals surface area (Å²) in [6.45, 7) is -0.626. The predicted octanol–water partition coefficient (Wildman–Crippen LogP) is 3.31. The van der Waals surface area contributed by atoms with Crippen LogP contribution < -0.4 is 4.74 Å². The Morgan fingerprint density at radius 2 is 2.41 bits per heavy atom. The van der Waals surface area contributed by atoms with Crippen molar-refractivity contribution < 1.29 is 19.0 Å². The second kappa shape index (κ2) is 4.75. The largest absolute Gasteiger partial charge is 0.479 e. The Kier molecular flexibility index (Phi) is 3.50. The van der Waals surface area contributed by atoms with E-state index >= 15 is 0 Å². The van der Waals surface area contributed by atoms with Crippen molar-refractivity contribution in [1.82, 2.24) is 4.98 Å². The summed E-state index contributed by atoms with van der Waals surface area (Å²) in [5, 5.41) is 8.28. The highest BCUT2D eigenvalue weighted by Crippen LogP contribution is 2.37. The average molecular weight is 341 g/mol. The zero-order valence-corrected chi connectivity index (χ0v) is 11.2. The highest BCUT2D eigenvalue weighted by molar-refractivity contribution is 9.11. The molecule has 0 saturated carbocycles. The van der Waals surface area contributed by atoms with Crippen LogP contribution in [0.5, 0.6) is 5.75 Å². The van der Waals surface area contributed by atoms with Gasteiger partial charge in [-0.3, -0.25) is 0 Å². The first-order valence-electron chi connectivity index (χ1n) is 4.27. The van der Waals surface area contributed by atoms with Crippen molar-refractivity contribution >= 4 is 55.1 Å². The molecule has 0 saturated heterocycles. The van der Waals surface area contributed by atoms with Gasteiger partial charge in [-0.1, -0.05) is 11.6 Å². The molecule has 0 atom stereocenters. The van der Waals surface area contributed by atoms with Crippen LogP contribution in [0.1, 0.15) is 0 Å². The van der Waals surface area contributed by atoms with E-state index in [4.69, 9.17) is 21.4 Å². The minimum absolute atomic E-state index is 0.176. The maximum Gasteiger partial charge on any atom is 0.341 e. The van der Waals surface area contributed by atoms with Gasteiger partial charge in [-0.05, 0) is 15.9 Å². The van der Waals surface area contributed by atoms with Gasteiger partial charge in [0.2, 0.25) is 0 Å². The highest BCUT2D eigenvalue weighted by Gasteiger charge is 2.17. The quantitative estimate of drug-likeness (QED) is 0.931. The van der Waals surface area contributed by atoms with E-state index in [0.29, 0.717) is 14.1 Å². The number of aliphatic carboxylic acids is 1. The fourth-order valence-corrected chi connectivity index (χ4v) is 2.92. The molecule has 1 N–H and O–H groups in total. The third kappa shape index (κ3) is 2.51. The fourth-order valence-electron chi connectivity index (χ4n) is 1.20. The number of carboxylic acids is 1. The van der Waals surface area contributed by atoms with Crippen LogP contribution in [0.3, 0.4) is 0 Å². The molecule has 2 aromatic rings. The van der Waals surface area contributed by atoms with Crippen molar-refractivity contribution in [2.45, 2.75) is 0 Å². The Labute approximate surface area is 112 Å². The molecule has 0 aliphatic heterocycles. The zero-order valence-electron chi connectivity index (χ0n) is 8.04. The first-order valence-corrected chi connectivity index (χ1v) is 6.26. The third-order valence-corrected chi connectivity index (χ3v) is 3.66. The number of rotatable bonds is 3. The first kappa shape index (κ1) is 12.5. The second-order valence-electron chi connectivity index (χ2n) is 3.00. The van der Waals surface area contributed by atoms with Gasteiger partial charge in [0.25, 0.3) is 0 Å². The predicted molar refractivity (Wildman–Crippen MR) is 65.4 cm³/mol. The molecule has 0 radical (unpaired) electrons. The van der Waals surface area contributed by atoms with Gasteiger partial charge >= 0.3 is 5.97 Å². The van der Waals surface area contributed by atoms with Crippen LogP contribution in [0.15, 0.2) is 9.98 Å². The van der Waals surface area contributed by atoms with Crippen molar-refractivity contribution in [3.8, 4) is 5.75 Å². The Morgan fingerprint density at radius 1 is 1.71 bits per heavy atom. The lowest BCUT2D eigenvalue weighted by molar-refractivity contribution is -0.139. The third-order valence-electron chi connectivity index (χ3n) is 1.86. The molecule has 1 aromatic carbocycles. The minimum atomic E-state index is -1.19. The summed E-state index contributed by atoms with van der Waals surface area (Å²) in [4.78, 5) is 14.3. The molecule has 0 unspecified atom stereocenters. The summed E-state index contributed by atoms with van der Waals surface area (Å²) in [6.07, 6.45) is 0. The Bertz CT molecular complexity index is 603. The molecule has 0 amide bonds. The maximum atomic E-state index is 13.7. The number of carbonyl (C=O) groups is 1. The number of thiazole rings is 1. The molecule has 8 heteroatoms. The lowest BCUT2D eigenvalue weighted by Gasteiger charge is -2.05. The Hall–Kier alpha value is -0.920. The zero-order chi connectivity index (χ0) is 12.6. The number of hydrogen-bond acceptors (Lipinski definition) is 4. The van der Waals surface area contributed by atoms with Gasteiger partial charge in [-0.25, -0.2) is 14.2 Å². The molecule has 1 aromatic heterocycles. The molecule has 0 fully saturated rings. The van der Waals surface area contributed by atoms with E-state index in [9.17, 15) is 9.18 Å². The summed E-state index contributed by atoms with van der Waals surface area (Å²) < 4.78 is 19.7. The van der Waals surface area contributed by atoms with E-state index < -0.39 is 18.4 Å². The van der Waals surface area contributed by atoms with Gasteiger partial charge in [-0.2, -0.15) is 0 Å². The number of hydrogen-bond donors (Lipinski definition) is 1. The molecular weight excluding hydrogens is 337 g/mol. The van der Waals surface area contributed by atoms with Crippen molar-refractivity contribution in [3.05, 3.63) is 20.8 Å². The summed E-state index contributed by atoms with van der Waals surface area (Å²) in [5.74, 6) is -2.19. The summed E-state index contributed by atoms with van der Waals surface area (Å²) >= 11 is 10.2. The first-order chi connectivity index (χ1) is 7.99. The molecule has 0 bridgehead atoms. The van der Waals surface area contributed by atoms with Crippen LogP contribution in [-0.2, 0) is 4.79 Å². The smallest absolute Gasteiger partial charge is 0.341 e. The van der Waals surface area contributed by atoms with Gasteiger partial charge in [0.05, 0.1) is 4.70 Å². The molecule has 4 nitrogen and oxygen atoms in total. The minimum Gasteiger partial charge on any atom is -0.479 e. The van der Waals surface area contributed by atoms with E-state index in [0.717, 1.165) is 0 Å². The number of ether oxygens (including phenoxy) is 1. The lowest BCUT2D eigenvalue weighted by Crippen LogP contribution is -2.10. The van der Waals surface area contributed by atoms with E-state index in [1.165, 1.54) is 17.4 Å². The van der Waals surface area contributed by atoms with Crippen LogP contribution in [-0.4, -0.2) is 22.7 Å². The number of carboxylic acid groups (broad SMARTS) is 1. The normalized spacial score (nSPS) is 10.8. The van der Waals surface area contributed by atoms with Gasteiger partial charge < -0.3 is 9.84 Å². The standard InChI is InChI=1S/C9H4BrClFNO3S/c10-9-13-8-4(17-9)1-3(7(12)6(8)11)16-2-5(14)15/h1H,2H2,(H,14,15). The van der Waals surface area contributed by atoms with Crippen LogP contribution in [0.4, 0.5) is 4.39 Å². The molecule has 0 aliphatic carbocycles. The molecule has 0 spiro atoms. The summed E-state index contributed by atoms with van der Waals surface area (Å²) in [7, 11) is 0. The monoisotopic (exact) mass is 339 g/mol. The molecule has 17 heavy (non-hydrogen) atoms. The topological polar surface area (TPSA) is 59.4 Å². The highest BCUT2D eigenvalue weighted by atomic mass is 79.9. The summed E-state index contributed by atoms with van der Waals surface area (Å²) in [5.41, 5.74) is 0.323. The van der Waals surface area contributed by atoms with E-state index in [1.54, 1.807) is 0 Å². The van der Waals surface area contributed by atoms with Crippen molar-refractivity contribution in [2.24, 2.45) is 0 Å². The van der Waals surface area contributed by atoms with Crippen LogP contribution >= 0.6 is 38.9 Å². The van der Waals surface area contributed by atoms with Gasteiger partial charge in [0.1, 0.15) is 10.5 Å². The number of nitrogens with zero attached hydrogens (tertiary/aromatic N) is 1. The summed E-state index contributed by atoms with van der Waals surface area (Å²) in [6, 6.07) is 1.38. The number of aromatic nitrogens is 1. The van der Waals surface area contributed by atoms with E-state index in [1.807, 2.05) is 0 Å². The van der Waals surface area contributed by atoms with Gasteiger partial charge in [0, 0.05) is 6.07 Å². The molecule has 0 aliphatic rings. The van der Waals surface area contributed by atoms with Gasteiger partial charge in [0.15, 0.2) is 22.1 Å². The van der Waals surface area contributed by atoms with E-state index in [2.05, 4.69) is 20.9 Å². The number of benzene rings is 1. The van der Waals surface area contributed by atoms with Crippen LogP contribution in [0.2, 0.25) is 5.02 Å². The van der Waals surface area contributed by atoms with Crippen molar-refractivity contribution in [2.75, 3.05) is 6.61 Å².